The molecule has 0 saturated carbocycles. The molecule has 0 unspecified atom stereocenters. The number of aromatic nitrogens is 3. The van der Waals surface area contributed by atoms with Crippen LogP contribution in [0.4, 0.5) is 11.5 Å². The molecule has 5 rings (SSSR count). The number of carbonyl (C=O) groups is 1. The van der Waals surface area contributed by atoms with Crippen LogP contribution in [0.5, 0.6) is 0 Å². The Kier molecular flexibility index (Phi) is 4.83. The molecule has 30 heavy (non-hydrogen) atoms. The fourth-order valence-electron chi connectivity index (χ4n) is 4.54. The van der Waals surface area contributed by atoms with E-state index < -0.39 is 0 Å². The van der Waals surface area contributed by atoms with Crippen LogP contribution in [0.1, 0.15) is 19.8 Å². The van der Waals surface area contributed by atoms with Crippen LogP contribution >= 0.6 is 0 Å². The predicted molar refractivity (Wildman–Crippen MR) is 121 cm³/mol. The van der Waals surface area contributed by atoms with Gasteiger partial charge < -0.3 is 14.8 Å². The van der Waals surface area contributed by atoms with Crippen molar-refractivity contribution in [3.05, 3.63) is 61.1 Å². The molecular weight excluding hydrogens is 374 g/mol. The molecule has 0 bridgehead atoms. The maximum Gasteiger partial charge on any atom is 0.227 e. The molecule has 1 saturated heterocycles. The first kappa shape index (κ1) is 18.6. The van der Waals surface area contributed by atoms with Crippen molar-refractivity contribution in [3.8, 4) is 0 Å². The van der Waals surface area contributed by atoms with E-state index in [1.807, 2.05) is 6.07 Å². The maximum absolute atomic E-state index is 12.9. The first-order valence-electron chi connectivity index (χ1n) is 10.6. The molecule has 2 aromatic carbocycles. The number of benzene rings is 2. The SMILES string of the molecule is CCn1c2ccccc2c2cc(NC(=O)C3CCN(c4cnccn4)CC3)ccc21. The second-order valence-corrected chi connectivity index (χ2v) is 7.81. The molecule has 1 aliphatic rings. The van der Waals surface area contributed by atoms with Crippen LogP contribution in [0.25, 0.3) is 21.8 Å². The highest BCUT2D eigenvalue weighted by Crippen LogP contribution is 2.31. The van der Waals surface area contributed by atoms with Gasteiger partial charge in [-0.2, -0.15) is 0 Å². The van der Waals surface area contributed by atoms with E-state index in [-0.39, 0.29) is 11.8 Å². The largest absolute Gasteiger partial charge is 0.355 e. The molecule has 0 spiro atoms. The first-order chi connectivity index (χ1) is 14.7. The zero-order valence-corrected chi connectivity index (χ0v) is 17.1. The lowest BCUT2D eigenvalue weighted by Gasteiger charge is -2.31. The van der Waals surface area contributed by atoms with Gasteiger partial charge in [0.05, 0.1) is 6.20 Å². The van der Waals surface area contributed by atoms with Gasteiger partial charge >= 0.3 is 0 Å². The van der Waals surface area contributed by atoms with Gasteiger partial charge in [-0.25, -0.2) is 4.98 Å². The number of carbonyl (C=O) groups excluding carboxylic acids is 1. The van der Waals surface area contributed by atoms with Gasteiger partial charge in [-0.3, -0.25) is 9.78 Å². The van der Waals surface area contributed by atoms with Crippen molar-refractivity contribution in [2.75, 3.05) is 23.3 Å². The minimum absolute atomic E-state index is 0.0191. The second-order valence-electron chi connectivity index (χ2n) is 7.81. The molecule has 1 amide bonds. The lowest BCUT2D eigenvalue weighted by Crippen LogP contribution is -2.38. The third kappa shape index (κ3) is 3.28. The van der Waals surface area contributed by atoms with Crippen molar-refractivity contribution in [2.45, 2.75) is 26.3 Å². The van der Waals surface area contributed by atoms with Crippen molar-refractivity contribution in [1.82, 2.24) is 14.5 Å². The van der Waals surface area contributed by atoms with Crippen LogP contribution in [0.3, 0.4) is 0 Å². The van der Waals surface area contributed by atoms with E-state index in [1.165, 1.54) is 21.8 Å². The van der Waals surface area contributed by atoms with E-state index in [4.69, 9.17) is 0 Å². The molecule has 1 aliphatic heterocycles. The number of aryl methyl sites for hydroxylation is 1. The molecule has 152 valence electrons. The summed E-state index contributed by atoms with van der Waals surface area (Å²) in [6, 6.07) is 14.7. The number of para-hydroxylation sites is 1. The number of nitrogens with one attached hydrogen (secondary N) is 1. The first-order valence-corrected chi connectivity index (χ1v) is 10.6. The van der Waals surface area contributed by atoms with Gasteiger partial charge in [0.25, 0.3) is 0 Å². The summed E-state index contributed by atoms with van der Waals surface area (Å²) in [5.74, 6) is 1.01. The fraction of sp³-hybridized carbons (Fsp3) is 0.292. The molecule has 1 fully saturated rings. The Labute approximate surface area is 175 Å². The highest BCUT2D eigenvalue weighted by Gasteiger charge is 2.26. The number of rotatable bonds is 4. The molecule has 6 heteroatoms. The number of fused-ring (bicyclic) bond motifs is 3. The Morgan fingerprint density at radius 3 is 2.63 bits per heavy atom. The fourth-order valence-corrected chi connectivity index (χ4v) is 4.54. The number of hydrogen-bond acceptors (Lipinski definition) is 4. The monoisotopic (exact) mass is 399 g/mol. The normalized spacial score (nSPS) is 15.0. The average molecular weight is 399 g/mol. The van der Waals surface area contributed by atoms with Gasteiger partial charge in [0.2, 0.25) is 5.91 Å². The van der Waals surface area contributed by atoms with Crippen molar-refractivity contribution in [3.63, 3.8) is 0 Å². The minimum atomic E-state index is 0.0191. The standard InChI is InChI=1S/C24H25N5O/c1-2-29-21-6-4-3-5-19(21)20-15-18(7-8-22(20)29)27-24(30)17-9-13-28(14-10-17)23-16-25-11-12-26-23/h3-8,11-12,15-17H,2,9-10,13-14H2,1H3,(H,27,30). The summed E-state index contributed by atoms with van der Waals surface area (Å²) in [6.45, 7) is 4.72. The van der Waals surface area contributed by atoms with Crippen LogP contribution < -0.4 is 10.2 Å². The molecule has 0 aliphatic carbocycles. The molecule has 0 radical (unpaired) electrons. The summed E-state index contributed by atoms with van der Waals surface area (Å²) in [4.78, 5) is 23.6. The van der Waals surface area contributed by atoms with Crippen LogP contribution in [0.15, 0.2) is 61.1 Å². The summed E-state index contributed by atoms with van der Waals surface area (Å²) in [5.41, 5.74) is 3.30. The van der Waals surface area contributed by atoms with Crippen LogP contribution in [-0.4, -0.2) is 33.5 Å². The minimum Gasteiger partial charge on any atom is -0.355 e. The number of hydrogen-bond donors (Lipinski definition) is 1. The Bertz CT molecular complexity index is 1190. The number of piperidine rings is 1. The van der Waals surface area contributed by atoms with E-state index in [1.54, 1.807) is 18.6 Å². The predicted octanol–water partition coefficient (Wildman–Crippen LogP) is 4.46. The van der Waals surface area contributed by atoms with Crippen molar-refractivity contribution in [2.24, 2.45) is 5.92 Å². The quantitative estimate of drug-likeness (QED) is 0.550. The molecule has 4 aromatic rings. The molecular formula is C24H25N5O. The van der Waals surface area contributed by atoms with Crippen LogP contribution in [0, 0.1) is 5.92 Å². The van der Waals surface area contributed by atoms with Crippen molar-refractivity contribution >= 4 is 39.2 Å². The summed E-state index contributed by atoms with van der Waals surface area (Å²) >= 11 is 0. The smallest absolute Gasteiger partial charge is 0.227 e. The third-order valence-corrected chi connectivity index (χ3v) is 6.10. The van der Waals surface area contributed by atoms with Gasteiger partial charge in [-0.1, -0.05) is 18.2 Å². The number of nitrogens with zero attached hydrogens (tertiary/aromatic N) is 4. The van der Waals surface area contributed by atoms with Gasteiger partial charge in [0.1, 0.15) is 5.82 Å². The highest BCUT2D eigenvalue weighted by molar-refractivity contribution is 6.09. The Balaban J connectivity index is 1.32. The summed E-state index contributed by atoms with van der Waals surface area (Å²) in [7, 11) is 0. The zero-order valence-electron chi connectivity index (χ0n) is 17.1. The lowest BCUT2D eigenvalue weighted by molar-refractivity contribution is -0.120. The second kappa shape index (κ2) is 7.78. The molecule has 1 N–H and O–H groups in total. The van der Waals surface area contributed by atoms with E-state index in [0.717, 1.165) is 44.0 Å². The van der Waals surface area contributed by atoms with E-state index >= 15 is 0 Å². The average Bonchev–Trinajstić information content (AvgIpc) is 3.13. The van der Waals surface area contributed by atoms with E-state index in [9.17, 15) is 4.79 Å². The van der Waals surface area contributed by atoms with Crippen LogP contribution in [-0.2, 0) is 11.3 Å². The Morgan fingerprint density at radius 1 is 1.07 bits per heavy atom. The molecule has 2 aromatic heterocycles. The third-order valence-electron chi connectivity index (χ3n) is 6.10. The topological polar surface area (TPSA) is 63.1 Å². The van der Waals surface area contributed by atoms with E-state index in [2.05, 4.69) is 68.1 Å². The lowest BCUT2D eigenvalue weighted by atomic mass is 9.96. The Hall–Kier alpha value is -3.41. The number of anilines is 2. The molecule has 6 nitrogen and oxygen atoms in total. The summed E-state index contributed by atoms with van der Waals surface area (Å²) in [6.07, 6.45) is 6.81. The summed E-state index contributed by atoms with van der Waals surface area (Å²) < 4.78 is 2.32. The highest BCUT2D eigenvalue weighted by atomic mass is 16.1. The van der Waals surface area contributed by atoms with Gasteiger partial charge in [-0.05, 0) is 44.0 Å². The Morgan fingerprint density at radius 2 is 1.87 bits per heavy atom. The van der Waals surface area contributed by atoms with Gasteiger partial charge in [-0.15, -0.1) is 0 Å². The van der Waals surface area contributed by atoms with E-state index in [0.29, 0.717) is 0 Å². The van der Waals surface area contributed by atoms with Gasteiger partial charge in [0.15, 0.2) is 0 Å². The maximum atomic E-state index is 12.9. The van der Waals surface area contributed by atoms with Crippen LogP contribution in [0.2, 0.25) is 0 Å². The van der Waals surface area contributed by atoms with Crippen molar-refractivity contribution in [1.29, 1.82) is 0 Å². The molecule has 3 heterocycles. The van der Waals surface area contributed by atoms with Gasteiger partial charge in [0, 0.05) is 65.4 Å². The summed E-state index contributed by atoms with van der Waals surface area (Å²) in [5, 5.41) is 5.56. The zero-order chi connectivity index (χ0) is 20.5. The molecule has 0 atom stereocenters. The number of amides is 1. The van der Waals surface area contributed by atoms with Crippen molar-refractivity contribution < 1.29 is 4.79 Å².